The van der Waals surface area contributed by atoms with Gasteiger partial charge in [0.15, 0.2) is 0 Å². The summed E-state index contributed by atoms with van der Waals surface area (Å²) in [5.74, 6) is -3.04. The first-order chi connectivity index (χ1) is 13.0. The molecule has 0 unspecified atom stereocenters. The number of oxime groups is 1. The Morgan fingerprint density at radius 3 is 2.56 bits per heavy atom. The summed E-state index contributed by atoms with van der Waals surface area (Å²) in [5.41, 5.74) is 0.113. The van der Waals surface area contributed by atoms with Crippen LogP contribution in [0.5, 0.6) is 0 Å². The second-order valence-electron chi connectivity index (χ2n) is 5.98. The van der Waals surface area contributed by atoms with Crippen LogP contribution < -0.4 is 10.1 Å². The highest BCUT2D eigenvalue weighted by Crippen LogP contribution is 2.35. The van der Waals surface area contributed by atoms with Gasteiger partial charge in [-0.15, -0.1) is 0 Å². The van der Waals surface area contributed by atoms with Gasteiger partial charge in [-0.2, -0.15) is 0 Å². The van der Waals surface area contributed by atoms with Crippen molar-refractivity contribution in [2.75, 3.05) is 10.1 Å². The van der Waals surface area contributed by atoms with Crippen molar-refractivity contribution in [3.05, 3.63) is 65.4 Å². The number of rotatable bonds is 4. The number of amides is 2. The Balaban J connectivity index is 1.67. The smallest absolute Gasteiger partial charge is 0.278 e. The van der Waals surface area contributed by atoms with Gasteiger partial charge in [0.25, 0.3) is 5.91 Å². The summed E-state index contributed by atoms with van der Waals surface area (Å²) in [6, 6.07) is 13.6. The molecule has 2 aliphatic heterocycles. The van der Waals surface area contributed by atoms with Crippen molar-refractivity contribution in [3.63, 3.8) is 0 Å². The zero-order chi connectivity index (χ0) is 19.1. The monoisotopic (exact) mass is 366 g/mol. The molecular formula is C18H12N3O6-. The Morgan fingerprint density at radius 2 is 1.85 bits per heavy atom. The summed E-state index contributed by atoms with van der Waals surface area (Å²) in [6.07, 6.45) is -1.23. The summed E-state index contributed by atoms with van der Waals surface area (Å²) in [6.45, 7) is 0. The summed E-state index contributed by atoms with van der Waals surface area (Å²) in [7, 11) is 0. The molecule has 0 radical (unpaired) electrons. The number of anilines is 2. The molecule has 0 aromatic heterocycles. The average molecular weight is 366 g/mol. The quantitative estimate of drug-likeness (QED) is 0.494. The Labute approximate surface area is 152 Å². The largest absolute Gasteiger partial charge is 0.733 e. The minimum Gasteiger partial charge on any atom is -0.733 e. The van der Waals surface area contributed by atoms with Crippen molar-refractivity contribution in [1.29, 1.82) is 0 Å². The highest BCUT2D eigenvalue weighted by atomic mass is 16.8. The standard InChI is InChI=1S/C18H12N3O6/c22-15(10-5-2-1-3-6-10)14-13-16(27-19-14)18(24)20(17(13)23)11-7-4-8-12(9-11)21(25)26/h1-9,13,16,25H/q-1/t13-,16-/m0/s1. The average Bonchev–Trinajstić information content (AvgIpc) is 3.22. The minimum atomic E-state index is -1.23. The second-order valence-corrected chi connectivity index (χ2v) is 5.98. The Kier molecular flexibility index (Phi) is 3.94. The molecule has 0 aliphatic carbocycles. The number of ketones is 1. The molecule has 2 amide bonds. The van der Waals surface area contributed by atoms with Gasteiger partial charge in [-0.1, -0.05) is 41.6 Å². The van der Waals surface area contributed by atoms with Crippen LogP contribution in [-0.4, -0.2) is 34.6 Å². The van der Waals surface area contributed by atoms with Gasteiger partial charge in [0.2, 0.25) is 17.8 Å². The number of fused-ring (bicyclic) bond motifs is 1. The van der Waals surface area contributed by atoms with Crippen molar-refractivity contribution < 1.29 is 24.4 Å². The molecule has 1 saturated heterocycles. The highest BCUT2D eigenvalue weighted by molar-refractivity contribution is 6.52. The van der Waals surface area contributed by atoms with Crippen molar-refractivity contribution in [2.24, 2.45) is 11.1 Å². The lowest BCUT2D eigenvalue weighted by Crippen LogP contribution is -2.34. The number of imide groups is 1. The second kappa shape index (κ2) is 6.31. The van der Waals surface area contributed by atoms with Gasteiger partial charge < -0.3 is 15.3 Å². The number of carbonyl (C=O) groups excluding carboxylic acids is 3. The van der Waals surface area contributed by atoms with E-state index in [0.29, 0.717) is 5.56 Å². The van der Waals surface area contributed by atoms with Crippen molar-refractivity contribution in [2.45, 2.75) is 6.10 Å². The zero-order valence-electron chi connectivity index (χ0n) is 13.7. The first-order valence-corrected chi connectivity index (χ1v) is 7.96. The van der Waals surface area contributed by atoms with Crippen LogP contribution in [0.4, 0.5) is 11.4 Å². The van der Waals surface area contributed by atoms with E-state index in [-0.39, 0.29) is 22.3 Å². The summed E-state index contributed by atoms with van der Waals surface area (Å²) < 4.78 is 0. The van der Waals surface area contributed by atoms with E-state index in [1.165, 1.54) is 24.3 Å². The van der Waals surface area contributed by atoms with Crippen LogP contribution in [0.25, 0.3) is 0 Å². The lowest BCUT2D eigenvalue weighted by atomic mass is 9.93. The number of hydrogen-bond acceptors (Lipinski definition) is 8. The third-order valence-corrected chi connectivity index (χ3v) is 4.39. The number of benzene rings is 2. The molecule has 27 heavy (non-hydrogen) atoms. The van der Waals surface area contributed by atoms with E-state index in [1.54, 1.807) is 30.3 Å². The maximum atomic E-state index is 12.9. The Bertz CT molecular complexity index is 972. The van der Waals surface area contributed by atoms with Crippen molar-refractivity contribution in [1.82, 2.24) is 0 Å². The molecule has 2 atom stereocenters. The molecule has 9 heteroatoms. The summed E-state index contributed by atoms with van der Waals surface area (Å²) >= 11 is 0. The predicted molar refractivity (Wildman–Crippen MR) is 93.1 cm³/mol. The lowest BCUT2D eigenvalue weighted by molar-refractivity contribution is -0.126. The van der Waals surface area contributed by atoms with Crippen molar-refractivity contribution >= 4 is 34.7 Å². The normalized spacial score (nSPS) is 21.0. The molecule has 4 rings (SSSR count). The van der Waals surface area contributed by atoms with Crippen LogP contribution in [0.15, 0.2) is 59.8 Å². The fourth-order valence-corrected chi connectivity index (χ4v) is 3.11. The van der Waals surface area contributed by atoms with Crippen LogP contribution >= 0.6 is 0 Å². The van der Waals surface area contributed by atoms with Crippen LogP contribution in [0.3, 0.4) is 0 Å². The fourth-order valence-electron chi connectivity index (χ4n) is 3.11. The first-order valence-electron chi connectivity index (χ1n) is 7.96. The maximum absolute atomic E-state index is 12.9. The van der Waals surface area contributed by atoms with Gasteiger partial charge in [0.05, 0.1) is 11.4 Å². The van der Waals surface area contributed by atoms with Crippen LogP contribution in [0.2, 0.25) is 0 Å². The molecule has 1 N–H and O–H groups in total. The maximum Gasteiger partial charge on any atom is 0.278 e. The topological polar surface area (TPSA) is 123 Å². The highest BCUT2D eigenvalue weighted by Gasteiger charge is 2.57. The number of nitrogens with zero attached hydrogens (tertiary/aromatic N) is 3. The van der Waals surface area contributed by atoms with Gasteiger partial charge in [0.1, 0.15) is 11.6 Å². The van der Waals surface area contributed by atoms with Gasteiger partial charge >= 0.3 is 0 Å². The predicted octanol–water partition coefficient (Wildman–Crippen LogP) is 1.51. The van der Waals surface area contributed by atoms with Gasteiger partial charge in [-0.3, -0.25) is 19.6 Å². The third kappa shape index (κ3) is 2.65. The third-order valence-electron chi connectivity index (χ3n) is 4.39. The number of carbonyl (C=O) groups is 3. The Hall–Kier alpha value is -3.56. The SMILES string of the molecule is O=C(C1=NO[C@@H]2C(=O)N(c3cccc(N([O-])O)c3)C(=O)[C@@H]12)c1ccccc1. The van der Waals surface area contributed by atoms with E-state index in [2.05, 4.69) is 5.16 Å². The number of Topliss-reactive ketones (excluding diaryl/α,β-unsaturated/α-hetero) is 1. The fraction of sp³-hybridized carbons (Fsp3) is 0.111. The van der Waals surface area contributed by atoms with E-state index in [1.807, 2.05) is 0 Å². The minimum absolute atomic E-state index is 0.0851. The Morgan fingerprint density at radius 1 is 1.11 bits per heavy atom. The van der Waals surface area contributed by atoms with Crippen LogP contribution in [0.1, 0.15) is 10.4 Å². The zero-order valence-corrected chi connectivity index (χ0v) is 13.7. The molecule has 136 valence electrons. The molecule has 2 aliphatic rings. The molecular weight excluding hydrogens is 354 g/mol. The van der Waals surface area contributed by atoms with E-state index < -0.39 is 29.6 Å². The lowest BCUT2D eigenvalue weighted by Gasteiger charge is -2.23. The summed E-state index contributed by atoms with van der Waals surface area (Å²) in [5, 5.41) is 23.4. The van der Waals surface area contributed by atoms with E-state index in [0.717, 1.165) is 4.90 Å². The van der Waals surface area contributed by atoms with Gasteiger partial charge in [-0.05, 0) is 18.2 Å². The van der Waals surface area contributed by atoms with E-state index in [9.17, 15) is 19.6 Å². The molecule has 0 bridgehead atoms. The van der Waals surface area contributed by atoms with Crippen molar-refractivity contribution in [3.8, 4) is 0 Å². The van der Waals surface area contributed by atoms with Gasteiger partial charge in [-0.25, -0.2) is 4.90 Å². The molecule has 9 nitrogen and oxygen atoms in total. The molecule has 1 fully saturated rings. The van der Waals surface area contributed by atoms with Crippen LogP contribution in [0, 0.1) is 11.1 Å². The van der Waals surface area contributed by atoms with Crippen LogP contribution in [-0.2, 0) is 14.4 Å². The number of hydrogen-bond donors (Lipinski definition) is 1. The van der Waals surface area contributed by atoms with E-state index >= 15 is 0 Å². The molecule has 2 heterocycles. The molecule has 0 spiro atoms. The molecule has 2 aromatic carbocycles. The van der Waals surface area contributed by atoms with E-state index in [4.69, 9.17) is 10.0 Å². The summed E-state index contributed by atoms with van der Waals surface area (Å²) in [4.78, 5) is 44.0. The first kappa shape index (κ1) is 16.9. The molecule has 2 aromatic rings. The molecule has 0 saturated carbocycles. The van der Waals surface area contributed by atoms with Gasteiger partial charge in [0, 0.05) is 5.56 Å².